The first-order valence-electron chi connectivity index (χ1n) is 9.62. The number of aryl methyl sites for hydroxylation is 2. The molecule has 0 radical (unpaired) electrons. The van der Waals surface area contributed by atoms with Gasteiger partial charge in [0.25, 0.3) is 0 Å². The van der Waals surface area contributed by atoms with Crippen LogP contribution in [0, 0.1) is 13.8 Å². The number of likely N-dealkylation sites (N-methyl/N-ethyl adjacent to an activating group) is 1. The van der Waals surface area contributed by atoms with Gasteiger partial charge in [0.1, 0.15) is 5.82 Å². The van der Waals surface area contributed by atoms with Crippen LogP contribution in [0.5, 0.6) is 0 Å². The molecule has 0 aliphatic carbocycles. The maximum Gasteiger partial charge on any atom is 0.317 e. The van der Waals surface area contributed by atoms with Gasteiger partial charge < -0.3 is 15.1 Å². The molecule has 1 fully saturated rings. The van der Waals surface area contributed by atoms with Crippen LogP contribution in [0.2, 0.25) is 0 Å². The van der Waals surface area contributed by atoms with Gasteiger partial charge in [-0.05, 0) is 44.4 Å². The zero-order chi connectivity index (χ0) is 19.9. The molecule has 4 rings (SSSR count). The molecule has 28 heavy (non-hydrogen) atoms. The number of likely N-dealkylation sites (tertiary alicyclic amines) is 1. The Balaban J connectivity index is 1.51. The molecule has 1 aromatic heterocycles. The van der Waals surface area contributed by atoms with E-state index in [0.29, 0.717) is 18.9 Å². The van der Waals surface area contributed by atoms with Crippen LogP contribution in [0.15, 0.2) is 30.3 Å². The number of nitrogens with zero attached hydrogens (tertiary/aromatic N) is 4. The molecule has 7 heteroatoms. The van der Waals surface area contributed by atoms with Gasteiger partial charge in [-0.15, -0.1) is 0 Å². The number of para-hydroxylation sites is 1. The van der Waals surface area contributed by atoms with E-state index < -0.39 is 5.41 Å². The molecule has 1 aromatic carbocycles. The van der Waals surface area contributed by atoms with Gasteiger partial charge in [-0.3, -0.25) is 4.79 Å². The van der Waals surface area contributed by atoms with E-state index in [4.69, 9.17) is 0 Å². The number of carbonyl (C=O) groups is 2. The smallest absolute Gasteiger partial charge is 0.317 e. The highest BCUT2D eigenvalue weighted by Crippen LogP contribution is 2.46. The highest BCUT2D eigenvalue weighted by molar-refractivity contribution is 6.08. The number of aromatic nitrogens is 2. The third kappa shape index (κ3) is 3.00. The van der Waals surface area contributed by atoms with Crippen molar-refractivity contribution < 1.29 is 9.59 Å². The lowest BCUT2D eigenvalue weighted by atomic mass is 9.75. The second-order valence-corrected chi connectivity index (χ2v) is 7.71. The number of nitrogens with one attached hydrogen (secondary N) is 1. The van der Waals surface area contributed by atoms with Crippen LogP contribution in [0.1, 0.15) is 35.6 Å². The summed E-state index contributed by atoms with van der Waals surface area (Å²) in [6.45, 7) is 5.13. The van der Waals surface area contributed by atoms with E-state index in [9.17, 15) is 9.59 Å². The first-order valence-corrected chi connectivity index (χ1v) is 9.62. The number of urea groups is 1. The number of amides is 3. The van der Waals surface area contributed by atoms with E-state index in [1.165, 1.54) is 0 Å². The van der Waals surface area contributed by atoms with Gasteiger partial charge in [0.2, 0.25) is 5.91 Å². The Morgan fingerprint density at radius 1 is 1.21 bits per heavy atom. The second-order valence-electron chi connectivity index (χ2n) is 7.71. The van der Waals surface area contributed by atoms with Gasteiger partial charge >= 0.3 is 6.03 Å². The molecule has 1 spiro atoms. The number of anilines is 1. The second kappa shape index (κ2) is 6.89. The average molecular weight is 379 g/mol. The lowest BCUT2D eigenvalue weighted by molar-refractivity contribution is -0.124. The lowest BCUT2D eigenvalue weighted by Gasteiger charge is -2.39. The van der Waals surface area contributed by atoms with Crippen molar-refractivity contribution in [3.8, 4) is 0 Å². The highest BCUT2D eigenvalue weighted by atomic mass is 16.2. The molecule has 1 saturated heterocycles. The Hall–Kier alpha value is -2.96. The standard InChI is InChI=1S/C21H25N5O2/c1-14-11-15(2)24-18(23-14)12-22-20(28)26-10-6-9-21(13-26)16-7-4-5-8-17(16)25(3)19(21)27/h4-5,7-8,11H,6,9-10,12-13H2,1-3H3,(H,22,28)/t21-/m1/s1. The van der Waals surface area contributed by atoms with Gasteiger partial charge in [0.05, 0.1) is 12.0 Å². The summed E-state index contributed by atoms with van der Waals surface area (Å²) >= 11 is 0. The van der Waals surface area contributed by atoms with E-state index in [0.717, 1.165) is 35.5 Å². The molecule has 0 unspecified atom stereocenters. The Kier molecular flexibility index (Phi) is 4.53. The lowest BCUT2D eigenvalue weighted by Crippen LogP contribution is -2.55. The molecule has 2 aliphatic rings. The van der Waals surface area contributed by atoms with E-state index in [1.807, 2.05) is 51.2 Å². The predicted molar refractivity (Wildman–Crippen MR) is 106 cm³/mol. The van der Waals surface area contributed by atoms with Crippen molar-refractivity contribution in [2.24, 2.45) is 0 Å². The SMILES string of the molecule is Cc1cc(C)nc(CNC(=O)N2CCC[C@]3(C2)C(=O)N(C)c2ccccc23)n1. The summed E-state index contributed by atoms with van der Waals surface area (Å²) in [7, 11) is 1.81. The number of fused-ring (bicyclic) bond motifs is 2. The fourth-order valence-corrected chi connectivity index (χ4v) is 4.48. The molecule has 0 saturated carbocycles. The third-order valence-electron chi connectivity index (χ3n) is 5.70. The molecule has 1 N–H and O–H groups in total. The molecule has 2 aliphatic heterocycles. The largest absolute Gasteiger partial charge is 0.331 e. The summed E-state index contributed by atoms with van der Waals surface area (Å²) in [5.74, 6) is 0.670. The van der Waals surface area contributed by atoms with Crippen molar-refractivity contribution in [2.45, 2.75) is 38.6 Å². The Bertz CT molecular complexity index is 924. The number of hydrogen-bond acceptors (Lipinski definition) is 4. The quantitative estimate of drug-likeness (QED) is 0.869. The molecular weight excluding hydrogens is 354 g/mol. The molecule has 7 nitrogen and oxygen atoms in total. The van der Waals surface area contributed by atoms with Gasteiger partial charge in [0.15, 0.2) is 0 Å². The molecule has 1 atom stereocenters. The van der Waals surface area contributed by atoms with Crippen molar-refractivity contribution in [3.05, 3.63) is 53.1 Å². The maximum absolute atomic E-state index is 13.1. The summed E-state index contributed by atoms with van der Waals surface area (Å²) in [6, 6.07) is 9.61. The normalized spacial score (nSPS) is 21.2. The number of hydrogen-bond donors (Lipinski definition) is 1. The minimum absolute atomic E-state index is 0.0730. The molecule has 0 bridgehead atoms. The minimum atomic E-state index is -0.642. The minimum Gasteiger partial charge on any atom is -0.331 e. The van der Waals surface area contributed by atoms with E-state index in [-0.39, 0.29) is 18.5 Å². The Labute approximate surface area is 164 Å². The van der Waals surface area contributed by atoms with Gasteiger partial charge in [0, 0.05) is 37.2 Å². The molecular formula is C21H25N5O2. The van der Waals surface area contributed by atoms with Crippen molar-refractivity contribution in [1.82, 2.24) is 20.2 Å². The maximum atomic E-state index is 13.1. The van der Waals surface area contributed by atoms with Gasteiger partial charge in [-0.2, -0.15) is 0 Å². The van der Waals surface area contributed by atoms with E-state index in [1.54, 1.807) is 9.80 Å². The van der Waals surface area contributed by atoms with E-state index in [2.05, 4.69) is 15.3 Å². The number of carbonyl (C=O) groups excluding carboxylic acids is 2. The van der Waals surface area contributed by atoms with Crippen molar-refractivity contribution >= 4 is 17.6 Å². The zero-order valence-corrected chi connectivity index (χ0v) is 16.5. The molecule has 3 amide bonds. The zero-order valence-electron chi connectivity index (χ0n) is 16.5. The fraction of sp³-hybridized carbons (Fsp3) is 0.429. The summed E-state index contributed by atoms with van der Waals surface area (Å²) < 4.78 is 0. The first-order chi connectivity index (χ1) is 13.4. The van der Waals surface area contributed by atoms with Crippen LogP contribution in [0.4, 0.5) is 10.5 Å². The fourth-order valence-electron chi connectivity index (χ4n) is 4.48. The summed E-state index contributed by atoms with van der Waals surface area (Å²) in [5.41, 5.74) is 3.09. The first kappa shape index (κ1) is 18.4. The van der Waals surface area contributed by atoms with Crippen molar-refractivity contribution in [3.63, 3.8) is 0 Å². The third-order valence-corrected chi connectivity index (χ3v) is 5.70. The van der Waals surface area contributed by atoms with Crippen molar-refractivity contribution in [1.29, 1.82) is 0 Å². The van der Waals surface area contributed by atoms with E-state index >= 15 is 0 Å². The number of rotatable bonds is 2. The Morgan fingerprint density at radius 2 is 1.93 bits per heavy atom. The monoisotopic (exact) mass is 379 g/mol. The molecule has 2 aromatic rings. The summed E-state index contributed by atoms with van der Waals surface area (Å²) in [6.07, 6.45) is 1.55. The van der Waals surface area contributed by atoms with Gasteiger partial charge in [-0.25, -0.2) is 14.8 Å². The van der Waals surface area contributed by atoms with Crippen LogP contribution in [-0.4, -0.2) is 46.9 Å². The van der Waals surface area contributed by atoms with Crippen LogP contribution >= 0.6 is 0 Å². The summed E-state index contributed by atoms with van der Waals surface area (Å²) in [5, 5.41) is 2.92. The van der Waals surface area contributed by atoms with Gasteiger partial charge in [-0.1, -0.05) is 18.2 Å². The molecule has 3 heterocycles. The van der Waals surface area contributed by atoms with Crippen LogP contribution in [0.25, 0.3) is 0 Å². The Morgan fingerprint density at radius 3 is 2.68 bits per heavy atom. The highest BCUT2D eigenvalue weighted by Gasteiger charge is 2.52. The van der Waals surface area contributed by atoms with Crippen LogP contribution in [0.3, 0.4) is 0 Å². The topological polar surface area (TPSA) is 78.4 Å². The average Bonchev–Trinajstić information content (AvgIpc) is 2.88. The van der Waals surface area contributed by atoms with Crippen molar-refractivity contribution in [2.75, 3.05) is 25.0 Å². The van der Waals surface area contributed by atoms with Crippen LogP contribution in [-0.2, 0) is 16.8 Å². The number of benzene rings is 1. The number of piperidine rings is 1. The summed E-state index contributed by atoms with van der Waals surface area (Å²) in [4.78, 5) is 38.1. The predicted octanol–water partition coefficient (Wildman–Crippen LogP) is 2.31. The molecule has 146 valence electrons. The van der Waals surface area contributed by atoms with Crippen LogP contribution < -0.4 is 10.2 Å².